The second kappa shape index (κ2) is 5.44. The minimum Gasteiger partial charge on any atom is -0.347 e. The van der Waals surface area contributed by atoms with Crippen molar-refractivity contribution in [1.82, 2.24) is 15.3 Å². The minimum absolute atomic E-state index is 0.234. The van der Waals surface area contributed by atoms with Crippen LogP contribution in [0.15, 0.2) is 24.0 Å². The molecule has 17 heavy (non-hydrogen) atoms. The van der Waals surface area contributed by atoms with Crippen molar-refractivity contribution >= 4 is 40.4 Å². The molecule has 0 aromatic carbocycles. The predicted molar refractivity (Wildman–Crippen MR) is 67.5 cm³/mol. The number of halogens is 2. The fourth-order valence-electron chi connectivity index (χ4n) is 1.18. The van der Waals surface area contributed by atoms with Crippen LogP contribution in [-0.4, -0.2) is 15.9 Å². The van der Waals surface area contributed by atoms with E-state index in [0.717, 1.165) is 4.88 Å². The molecular weight excluding hydrogens is 281 g/mol. The maximum atomic E-state index is 11.8. The smallest absolute Gasteiger partial charge is 0.253 e. The van der Waals surface area contributed by atoms with Gasteiger partial charge in [-0.05, 0) is 6.07 Å². The molecule has 2 rings (SSSR count). The number of rotatable bonds is 3. The largest absolute Gasteiger partial charge is 0.347 e. The van der Waals surface area contributed by atoms with E-state index in [1.54, 1.807) is 11.7 Å². The Bertz CT molecular complexity index is 530. The maximum Gasteiger partial charge on any atom is 0.253 e. The number of pyridine rings is 1. The number of carbonyl (C=O) groups excluding carboxylic acids is 1. The van der Waals surface area contributed by atoms with Crippen LogP contribution >= 0.6 is 34.5 Å². The molecule has 0 saturated carbocycles. The zero-order valence-electron chi connectivity index (χ0n) is 8.48. The van der Waals surface area contributed by atoms with Gasteiger partial charge < -0.3 is 5.32 Å². The average Bonchev–Trinajstić information content (AvgIpc) is 2.82. The lowest BCUT2D eigenvalue weighted by atomic mass is 10.2. The van der Waals surface area contributed by atoms with Gasteiger partial charge in [-0.2, -0.15) is 0 Å². The molecule has 1 amide bonds. The number of hydrogen-bond donors (Lipinski definition) is 1. The Labute approximate surface area is 112 Å². The van der Waals surface area contributed by atoms with Gasteiger partial charge in [0.15, 0.2) is 0 Å². The quantitative estimate of drug-likeness (QED) is 0.884. The molecule has 88 valence electrons. The zero-order valence-corrected chi connectivity index (χ0v) is 10.8. The zero-order chi connectivity index (χ0) is 12.3. The molecule has 0 fully saturated rings. The van der Waals surface area contributed by atoms with Gasteiger partial charge in [0, 0.05) is 17.3 Å². The van der Waals surface area contributed by atoms with Crippen molar-refractivity contribution in [2.75, 3.05) is 0 Å². The van der Waals surface area contributed by atoms with E-state index in [1.165, 1.54) is 23.6 Å². The summed E-state index contributed by atoms with van der Waals surface area (Å²) >= 11 is 13.0. The molecule has 2 aromatic rings. The third-order valence-electron chi connectivity index (χ3n) is 1.97. The standard InChI is InChI=1S/C10H7Cl2N3OS/c11-8-4-14-9(12)1-7(8)10(16)15-3-6-2-13-5-17-6/h1-2,4-5H,3H2,(H,15,16). The van der Waals surface area contributed by atoms with Crippen molar-refractivity contribution in [1.29, 1.82) is 0 Å². The van der Waals surface area contributed by atoms with E-state index in [9.17, 15) is 4.79 Å². The van der Waals surface area contributed by atoms with Crippen LogP contribution in [0.5, 0.6) is 0 Å². The number of nitrogens with zero attached hydrogens (tertiary/aromatic N) is 2. The Hall–Kier alpha value is -1.17. The van der Waals surface area contributed by atoms with Crippen LogP contribution in [0, 0.1) is 0 Å². The molecule has 0 saturated heterocycles. The summed E-state index contributed by atoms with van der Waals surface area (Å²) in [4.78, 5) is 20.5. The van der Waals surface area contributed by atoms with Gasteiger partial charge in [0.1, 0.15) is 5.15 Å². The SMILES string of the molecule is O=C(NCc1cncs1)c1cc(Cl)ncc1Cl. The first-order valence-electron chi connectivity index (χ1n) is 4.63. The van der Waals surface area contributed by atoms with Crippen LogP contribution in [0.25, 0.3) is 0 Å². The number of thiazole rings is 1. The van der Waals surface area contributed by atoms with Crippen molar-refractivity contribution in [2.24, 2.45) is 0 Å². The Morgan fingerprint density at radius 1 is 1.41 bits per heavy atom. The molecule has 0 spiro atoms. The molecule has 0 bridgehead atoms. The van der Waals surface area contributed by atoms with Crippen molar-refractivity contribution in [2.45, 2.75) is 6.54 Å². The Kier molecular flexibility index (Phi) is 3.93. The van der Waals surface area contributed by atoms with Gasteiger partial charge in [-0.15, -0.1) is 11.3 Å². The third kappa shape index (κ3) is 3.15. The number of amides is 1. The summed E-state index contributed by atoms with van der Waals surface area (Å²) < 4.78 is 0. The molecule has 0 unspecified atom stereocenters. The Balaban J connectivity index is 2.07. The lowest BCUT2D eigenvalue weighted by molar-refractivity contribution is 0.0951. The molecule has 7 heteroatoms. The normalized spacial score (nSPS) is 10.2. The number of carbonyl (C=O) groups is 1. The molecule has 0 aliphatic carbocycles. The summed E-state index contributed by atoms with van der Waals surface area (Å²) in [5.74, 6) is -0.285. The van der Waals surface area contributed by atoms with E-state index < -0.39 is 0 Å². The van der Waals surface area contributed by atoms with Crippen LogP contribution in [0.3, 0.4) is 0 Å². The van der Waals surface area contributed by atoms with Crippen molar-refractivity contribution < 1.29 is 4.79 Å². The second-order valence-corrected chi connectivity index (χ2v) is 4.90. The molecular formula is C10H7Cl2N3OS. The average molecular weight is 288 g/mol. The van der Waals surface area contributed by atoms with E-state index in [-0.39, 0.29) is 16.1 Å². The van der Waals surface area contributed by atoms with Crippen molar-refractivity contribution in [3.05, 3.63) is 44.6 Å². The van der Waals surface area contributed by atoms with Crippen LogP contribution in [0.4, 0.5) is 0 Å². The summed E-state index contributed by atoms with van der Waals surface area (Å²) in [6.45, 7) is 0.416. The fraction of sp³-hybridized carbons (Fsp3) is 0.100. The molecule has 0 atom stereocenters. The minimum atomic E-state index is -0.285. The van der Waals surface area contributed by atoms with Crippen LogP contribution in [-0.2, 0) is 6.54 Å². The third-order valence-corrected chi connectivity index (χ3v) is 3.26. The Morgan fingerprint density at radius 2 is 2.24 bits per heavy atom. The van der Waals surface area contributed by atoms with E-state index in [1.807, 2.05) is 0 Å². The number of aromatic nitrogens is 2. The summed E-state index contributed by atoms with van der Waals surface area (Å²) in [5, 5.41) is 3.24. The summed E-state index contributed by atoms with van der Waals surface area (Å²) in [7, 11) is 0. The number of hydrogen-bond acceptors (Lipinski definition) is 4. The van der Waals surface area contributed by atoms with Gasteiger partial charge >= 0.3 is 0 Å². The highest BCUT2D eigenvalue weighted by Gasteiger charge is 2.11. The highest BCUT2D eigenvalue weighted by atomic mass is 35.5. The van der Waals surface area contributed by atoms with E-state index in [0.29, 0.717) is 12.1 Å². The van der Waals surface area contributed by atoms with Gasteiger partial charge in [0.25, 0.3) is 5.91 Å². The maximum absolute atomic E-state index is 11.8. The molecule has 2 aromatic heterocycles. The van der Waals surface area contributed by atoms with Gasteiger partial charge in [-0.1, -0.05) is 23.2 Å². The van der Waals surface area contributed by atoms with E-state index >= 15 is 0 Å². The molecule has 1 N–H and O–H groups in total. The molecule has 0 radical (unpaired) electrons. The summed E-state index contributed by atoms with van der Waals surface area (Å²) in [6.07, 6.45) is 3.05. The van der Waals surface area contributed by atoms with Crippen molar-refractivity contribution in [3.63, 3.8) is 0 Å². The molecule has 0 aliphatic rings. The summed E-state index contributed by atoms with van der Waals surface area (Å²) in [6, 6.07) is 1.44. The first kappa shape index (κ1) is 12.3. The predicted octanol–water partition coefficient (Wildman–Crippen LogP) is 2.77. The lowest BCUT2D eigenvalue weighted by Gasteiger charge is -2.05. The van der Waals surface area contributed by atoms with Gasteiger partial charge in [0.2, 0.25) is 0 Å². The molecule has 0 aliphatic heterocycles. The van der Waals surface area contributed by atoms with Gasteiger partial charge in [-0.25, -0.2) is 4.98 Å². The lowest BCUT2D eigenvalue weighted by Crippen LogP contribution is -2.22. The topological polar surface area (TPSA) is 54.9 Å². The van der Waals surface area contributed by atoms with E-state index in [4.69, 9.17) is 23.2 Å². The second-order valence-electron chi connectivity index (χ2n) is 3.14. The van der Waals surface area contributed by atoms with Crippen LogP contribution in [0.1, 0.15) is 15.2 Å². The van der Waals surface area contributed by atoms with Gasteiger partial charge in [-0.3, -0.25) is 9.78 Å². The first-order valence-corrected chi connectivity index (χ1v) is 6.27. The van der Waals surface area contributed by atoms with Gasteiger partial charge in [0.05, 0.1) is 22.6 Å². The number of nitrogens with one attached hydrogen (secondary N) is 1. The van der Waals surface area contributed by atoms with E-state index in [2.05, 4.69) is 15.3 Å². The highest BCUT2D eigenvalue weighted by Crippen LogP contribution is 2.18. The highest BCUT2D eigenvalue weighted by molar-refractivity contribution is 7.09. The Morgan fingerprint density at radius 3 is 2.94 bits per heavy atom. The molecule has 4 nitrogen and oxygen atoms in total. The fourth-order valence-corrected chi connectivity index (χ4v) is 2.06. The summed E-state index contributed by atoms with van der Waals surface area (Å²) in [5.41, 5.74) is 2.02. The van der Waals surface area contributed by atoms with Crippen molar-refractivity contribution in [3.8, 4) is 0 Å². The van der Waals surface area contributed by atoms with Crippen LogP contribution < -0.4 is 5.32 Å². The van der Waals surface area contributed by atoms with Crippen LogP contribution in [0.2, 0.25) is 10.2 Å². The monoisotopic (exact) mass is 287 g/mol. The first-order chi connectivity index (χ1) is 8.16. The molecule has 2 heterocycles.